The van der Waals surface area contributed by atoms with Crippen LogP contribution in [0.4, 0.5) is 0 Å². The van der Waals surface area contributed by atoms with E-state index in [0.29, 0.717) is 17.2 Å². The van der Waals surface area contributed by atoms with Crippen LogP contribution in [0.25, 0.3) is 0 Å². The molecule has 22 heavy (non-hydrogen) atoms. The summed E-state index contributed by atoms with van der Waals surface area (Å²) in [5.74, 6) is 1.25. The summed E-state index contributed by atoms with van der Waals surface area (Å²) < 4.78 is 36.4. The molecule has 2 rings (SSSR count). The molecule has 1 aromatic carbocycles. The van der Waals surface area contributed by atoms with E-state index in [1.807, 2.05) is 0 Å². The van der Waals surface area contributed by atoms with E-state index in [1.54, 1.807) is 37.6 Å². The summed E-state index contributed by atoms with van der Waals surface area (Å²) in [7, 11) is 1.01. The Morgan fingerprint density at radius 3 is 2.27 bits per heavy atom. The number of hydrogen-bond donors (Lipinski definition) is 0. The minimum Gasteiger partial charge on any atom is -0.497 e. The minimum atomic E-state index is -3.58. The molecule has 6 nitrogen and oxygen atoms in total. The van der Waals surface area contributed by atoms with Crippen LogP contribution in [0, 0.1) is 0 Å². The van der Waals surface area contributed by atoms with Crippen molar-refractivity contribution in [3.63, 3.8) is 0 Å². The number of pyridine rings is 1. The molecule has 0 saturated carbocycles. The molecule has 118 valence electrons. The first-order valence-electron chi connectivity index (χ1n) is 6.56. The molecule has 0 bridgehead atoms. The van der Waals surface area contributed by atoms with Crippen LogP contribution in [-0.2, 0) is 16.6 Å². The van der Waals surface area contributed by atoms with Crippen molar-refractivity contribution in [2.24, 2.45) is 0 Å². The van der Waals surface area contributed by atoms with Gasteiger partial charge in [-0.3, -0.25) is 4.98 Å². The van der Waals surface area contributed by atoms with Crippen molar-refractivity contribution in [3.05, 3.63) is 48.3 Å². The zero-order valence-electron chi connectivity index (χ0n) is 12.7. The summed E-state index contributed by atoms with van der Waals surface area (Å²) in [5.41, 5.74) is 0.610. The van der Waals surface area contributed by atoms with Gasteiger partial charge in [0, 0.05) is 19.3 Å². The van der Waals surface area contributed by atoms with Crippen molar-refractivity contribution in [1.29, 1.82) is 0 Å². The van der Waals surface area contributed by atoms with E-state index >= 15 is 0 Å². The molecule has 1 heterocycles. The van der Waals surface area contributed by atoms with Gasteiger partial charge in [-0.2, -0.15) is 4.31 Å². The Morgan fingerprint density at radius 2 is 1.68 bits per heavy atom. The number of hydrogen-bond acceptors (Lipinski definition) is 5. The van der Waals surface area contributed by atoms with Gasteiger partial charge in [0.25, 0.3) is 0 Å². The summed E-state index contributed by atoms with van der Waals surface area (Å²) >= 11 is 0. The maximum absolute atomic E-state index is 12.5. The maximum Gasteiger partial charge on any atom is 0.243 e. The highest BCUT2D eigenvalue weighted by molar-refractivity contribution is 7.89. The standard InChI is InChI=1S/C15H18N2O4S/c1-17(11-12-10-14(21-3)8-9-16-12)22(18,19)15-6-4-13(20-2)5-7-15/h4-10H,11H2,1-3H3. The molecule has 0 atom stereocenters. The number of benzene rings is 1. The second kappa shape index (κ2) is 6.76. The van der Waals surface area contributed by atoms with Crippen LogP contribution in [-0.4, -0.2) is 39.0 Å². The Kier molecular flexibility index (Phi) is 4.99. The van der Waals surface area contributed by atoms with Crippen molar-refractivity contribution in [1.82, 2.24) is 9.29 Å². The van der Waals surface area contributed by atoms with Crippen LogP contribution in [0.3, 0.4) is 0 Å². The van der Waals surface area contributed by atoms with Gasteiger partial charge in [0.2, 0.25) is 10.0 Å². The van der Waals surface area contributed by atoms with Gasteiger partial charge in [0.1, 0.15) is 11.5 Å². The molecule has 0 fully saturated rings. The van der Waals surface area contributed by atoms with Crippen molar-refractivity contribution in [2.75, 3.05) is 21.3 Å². The summed E-state index contributed by atoms with van der Waals surface area (Å²) in [6, 6.07) is 9.68. The van der Waals surface area contributed by atoms with Crippen molar-refractivity contribution < 1.29 is 17.9 Å². The van der Waals surface area contributed by atoms with Crippen molar-refractivity contribution >= 4 is 10.0 Å². The predicted octanol–water partition coefficient (Wildman–Crippen LogP) is 1.92. The molecule has 0 spiro atoms. The first-order valence-corrected chi connectivity index (χ1v) is 8.00. The van der Waals surface area contributed by atoms with Gasteiger partial charge in [-0.1, -0.05) is 0 Å². The van der Waals surface area contributed by atoms with E-state index in [-0.39, 0.29) is 11.4 Å². The summed E-state index contributed by atoms with van der Waals surface area (Å²) in [6.45, 7) is 0.158. The Hall–Kier alpha value is -2.12. The molecule has 0 amide bonds. The van der Waals surface area contributed by atoms with E-state index in [2.05, 4.69) is 4.98 Å². The summed E-state index contributed by atoms with van der Waals surface area (Å²) in [6.07, 6.45) is 1.59. The second-order valence-electron chi connectivity index (χ2n) is 4.62. The first-order chi connectivity index (χ1) is 10.5. The fraction of sp³-hybridized carbons (Fsp3) is 0.267. The van der Waals surface area contributed by atoms with Crippen LogP contribution >= 0.6 is 0 Å². The van der Waals surface area contributed by atoms with E-state index in [4.69, 9.17) is 9.47 Å². The number of sulfonamides is 1. The fourth-order valence-electron chi connectivity index (χ4n) is 1.91. The van der Waals surface area contributed by atoms with E-state index in [9.17, 15) is 8.42 Å². The van der Waals surface area contributed by atoms with Gasteiger partial charge in [-0.25, -0.2) is 8.42 Å². The molecule has 0 aliphatic heterocycles. The molecule has 2 aromatic rings. The average molecular weight is 322 g/mol. The van der Waals surface area contributed by atoms with E-state index < -0.39 is 10.0 Å². The zero-order valence-corrected chi connectivity index (χ0v) is 13.5. The quantitative estimate of drug-likeness (QED) is 0.813. The third-order valence-electron chi connectivity index (χ3n) is 3.18. The third kappa shape index (κ3) is 3.55. The SMILES string of the molecule is COc1ccc(S(=O)(=O)N(C)Cc2cc(OC)ccn2)cc1. The highest BCUT2D eigenvalue weighted by Gasteiger charge is 2.21. The summed E-state index contributed by atoms with van der Waals surface area (Å²) in [5, 5.41) is 0. The molecule has 0 radical (unpaired) electrons. The Balaban J connectivity index is 2.20. The normalized spacial score (nSPS) is 11.5. The van der Waals surface area contributed by atoms with Crippen LogP contribution in [0.5, 0.6) is 11.5 Å². The van der Waals surface area contributed by atoms with Gasteiger partial charge in [-0.05, 0) is 30.3 Å². The molecule has 0 saturated heterocycles. The Morgan fingerprint density at radius 1 is 1.05 bits per heavy atom. The van der Waals surface area contributed by atoms with Gasteiger partial charge >= 0.3 is 0 Å². The highest BCUT2D eigenvalue weighted by Crippen LogP contribution is 2.20. The largest absolute Gasteiger partial charge is 0.497 e. The Labute approximate surface area is 130 Å². The molecule has 7 heteroatoms. The lowest BCUT2D eigenvalue weighted by molar-refractivity contribution is 0.410. The number of rotatable bonds is 6. The second-order valence-corrected chi connectivity index (χ2v) is 6.67. The molecule has 1 aromatic heterocycles. The third-order valence-corrected chi connectivity index (χ3v) is 4.99. The first kappa shape index (κ1) is 16.3. The summed E-state index contributed by atoms with van der Waals surface area (Å²) in [4.78, 5) is 4.36. The smallest absolute Gasteiger partial charge is 0.243 e. The number of ether oxygens (including phenoxy) is 2. The molecule has 0 aliphatic carbocycles. The van der Waals surface area contributed by atoms with Crippen molar-refractivity contribution in [2.45, 2.75) is 11.4 Å². The lowest BCUT2D eigenvalue weighted by Gasteiger charge is -2.17. The van der Waals surface area contributed by atoms with E-state index in [1.165, 1.54) is 30.6 Å². The number of nitrogens with zero attached hydrogens (tertiary/aromatic N) is 2. The molecule has 0 unspecified atom stereocenters. The van der Waals surface area contributed by atoms with Gasteiger partial charge < -0.3 is 9.47 Å². The van der Waals surface area contributed by atoms with Crippen LogP contribution in [0.15, 0.2) is 47.5 Å². The molecular weight excluding hydrogens is 304 g/mol. The monoisotopic (exact) mass is 322 g/mol. The van der Waals surface area contributed by atoms with Crippen LogP contribution < -0.4 is 9.47 Å². The number of aromatic nitrogens is 1. The topological polar surface area (TPSA) is 68.7 Å². The predicted molar refractivity (Wildman–Crippen MR) is 82.4 cm³/mol. The number of methoxy groups -OCH3 is 2. The minimum absolute atomic E-state index is 0.158. The van der Waals surface area contributed by atoms with Crippen LogP contribution in [0.1, 0.15) is 5.69 Å². The van der Waals surface area contributed by atoms with Gasteiger partial charge in [0.15, 0.2) is 0 Å². The zero-order chi connectivity index (χ0) is 16.2. The highest BCUT2D eigenvalue weighted by atomic mass is 32.2. The fourth-order valence-corrected chi connectivity index (χ4v) is 3.05. The van der Waals surface area contributed by atoms with Gasteiger partial charge in [0.05, 0.1) is 31.4 Å². The van der Waals surface area contributed by atoms with Gasteiger partial charge in [-0.15, -0.1) is 0 Å². The van der Waals surface area contributed by atoms with Crippen molar-refractivity contribution in [3.8, 4) is 11.5 Å². The van der Waals surface area contributed by atoms with Crippen LogP contribution in [0.2, 0.25) is 0 Å². The van der Waals surface area contributed by atoms with E-state index in [0.717, 1.165) is 0 Å². The lowest BCUT2D eigenvalue weighted by atomic mass is 10.3. The lowest BCUT2D eigenvalue weighted by Crippen LogP contribution is -2.26. The maximum atomic E-state index is 12.5. The molecule has 0 aliphatic rings. The molecular formula is C15H18N2O4S. The average Bonchev–Trinajstić information content (AvgIpc) is 2.55. The molecule has 0 N–H and O–H groups in total. The Bertz CT molecular complexity index is 729.